The van der Waals surface area contributed by atoms with E-state index < -0.39 is 17.5 Å². The highest BCUT2D eigenvalue weighted by molar-refractivity contribution is 6.02. The van der Waals surface area contributed by atoms with Gasteiger partial charge in [0, 0.05) is 12.6 Å². The zero-order valence-corrected chi connectivity index (χ0v) is 14.5. The van der Waals surface area contributed by atoms with Crippen molar-refractivity contribution in [1.29, 1.82) is 0 Å². The highest BCUT2D eigenvalue weighted by atomic mass is 19.1. The first-order valence-electron chi connectivity index (χ1n) is 8.50. The van der Waals surface area contributed by atoms with Gasteiger partial charge < -0.3 is 10.6 Å². The predicted molar refractivity (Wildman–Crippen MR) is 99.6 cm³/mol. The van der Waals surface area contributed by atoms with Gasteiger partial charge in [0.15, 0.2) is 5.69 Å². The molecule has 3 rings (SSSR count). The molecule has 1 aromatic heterocycles. The average molecular weight is 368 g/mol. The molecular weight excluding hydrogens is 350 g/mol. The molecule has 138 valence electrons. The van der Waals surface area contributed by atoms with Gasteiger partial charge in [-0.15, -0.1) is 10.2 Å². The number of aromatic nitrogens is 2. The molecule has 1 amide bonds. The number of rotatable bonds is 7. The number of amides is 1. The molecule has 0 spiro atoms. The van der Waals surface area contributed by atoms with Crippen molar-refractivity contribution >= 4 is 17.4 Å². The number of aryl methyl sites for hydroxylation is 1. The Kier molecular flexibility index (Phi) is 6.04. The first-order valence-corrected chi connectivity index (χ1v) is 8.50. The second-order valence-electron chi connectivity index (χ2n) is 5.90. The minimum atomic E-state index is -0.854. The lowest BCUT2D eigenvalue weighted by atomic mass is 10.1. The molecule has 0 saturated heterocycles. The Morgan fingerprint density at radius 2 is 1.78 bits per heavy atom. The molecule has 0 saturated carbocycles. The maximum absolute atomic E-state index is 13.6. The van der Waals surface area contributed by atoms with Gasteiger partial charge in [-0.1, -0.05) is 30.3 Å². The maximum atomic E-state index is 13.6. The van der Waals surface area contributed by atoms with Gasteiger partial charge in [-0.3, -0.25) is 4.79 Å². The van der Waals surface area contributed by atoms with E-state index in [-0.39, 0.29) is 11.4 Å². The van der Waals surface area contributed by atoms with Crippen LogP contribution in [0.5, 0.6) is 0 Å². The van der Waals surface area contributed by atoms with Crippen LogP contribution in [0.15, 0.2) is 60.7 Å². The summed E-state index contributed by atoms with van der Waals surface area (Å²) in [7, 11) is 0. The Morgan fingerprint density at radius 3 is 2.48 bits per heavy atom. The van der Waals surface area contributed by atoms with E-state index in [4.69, 9.17) is 0 Å². The third-order valence-electron chi connectivity index (χ3n) is 3.87. The van der Waals surface area contributed by atoms with Crippen LogP contribution in [-0.2, 0) is 6.42 Å². The Bertz CT molecular complexity index is 902. The third kappa shape index (κ3) is 5.31. The van der Waals surface area contributed by atoms with Crippen molar-refractivity contribution in [1.82, 2.24) is 10.2 Å². The van der Waals surface area contributed by atoms with Gasteiger partial charge in [-0.2, -0.15) is 0 Å². The van der Waals surface area contributed by atoms with E-state index in [0.29, 0.717) is 11.9 Å². The molecule has 0 atom stereocenters. The lowest BCUT2D eigenvalue weighted by Gasteiger charge is -2.07. The van der Waals surface area contributed by atoms with Gasteiger partial charge in [-0.25, -0.2) is 8.78 Å². The number of nitrogens with zero attached hydrogens (tertiary/aromatic N) is 2. The van der Waals surface area contributed by atoms with Gasteiger partial charge in [0.25, 0.3) is 5.91 Å². The second kappa shape index (κ2) is 8.84. The number of benzene rings is 2. The SMILES string of the molecule is O=C(Nc1ccc(F)cc1F)c1ccc(NCCCc2ccccc2)nn1. The number of nitrogens with one attached hydrogen (secondary N) is 2. The summed E-state index contributed by atoms with van der Waals surface area (Å²) in [6.45, 7) is 0.718. The largest absolute Gasteiger partial charge is 0.369 e. The molecule has 0 unspecified atom stereocenters. The van der Waals surface area contributed by atoms with Gasteiger partial charge in [-0.05, 0) is 42.7 Å². The van der Waals surface area contributed by atoms with Crippen LogP contribution in [0.25, 0.3) is 0 Å². The van der Waals surface area contributed by atoms with Crippen molar-refractivity contribution < 1.29 is 13.6 Å². The normalized spacial score (nSPS) is 10.4. The van der Waals surface area contributed by atoms with Crippen LogP contribution in [0.1, 0.15) is 22.5 Å². The van der Waals surface area contributed by atoms with E-state index in [2.05, 4.69) is 33.0 Å². The zero-order chi connectivity index (χ0) is 19.1. The fourth-order valence-corrected chi connectivity index (χ4v) is 2.48. The number of hydrogen-bond acceptors (Lipinski definition) is 4. The Labute approximate surface area is 155 Å². The monoisotopic (exact) mass is 368 g/mol. The van der Waals surface area contributed by atoms with Crippen molar-refractivity contribution in [2.75, 3.05) is 17.2 Å². The lowest BCUT2D eigenvalue weighted by molar-refractivity contribution is 0.102. The summed E-state index contributed by atoms with van der Waals surface area (Å²) in [5.74, 6) is -1.64. The fraction of sp³-hybridized carbons (Fsp3) is 0.150. The van der Waals surface area contributed by atoms with Crippen LogP contribution in [0.4, 0.5) is 20.3 Å². The van der Waals surface area contributed by atoms with E-state index in [1.54, 1.807) is 6.07 Å². The molecule has 0 aliphatic heterocycles. The van der Waals surface area contributed by atoms with E-state index in [0.717, 1.165) is 31.5 Å². The maximum Gasteiger partial charge on any atom is 0.276 e. The summed E-state index contributed by atoms with van der Waals surface area (Å²) in [5, 5.41) is 13.3. The predicted octanol–water partition coefficient (Wildman–Crippen LogP) is 4.05. The van der Waals surface area contributed by atoms with Crippen molar-refractivity contribution in [3.8, 4) is 0 Å². The molecule has 2 aromatic carbocycles. The number of carbonyl (C=O) groups excluding carboxylic acids is 1. The standard InChI is InChI=1S/C20H18F2N4O/c21-15-8-9-17(16(22)13-15)24-20(27)18-10-11-19(26-25-18)23-12-4-7-14-5-2-1-3-6-14/h1-3,5-6,8-11,13H,4,7,12H2,(H,23,26)(H,24,27). The van der Waals surface area contributed by atoms with Crippen LogP contribution in [0, 0.1) is 11.6 Å². The van der Waals surface area contributed by atoms with Crippen LogP contribution >= 0.6 is 0 Å². The summed E-state index contributed by atoms with van der Waals surface area (Å²) in [4.78, 5) is 12.1. The number of hydrogen-bond donors (Lipinski definition) is 2. The smallest absolute Gasteiger partial charge is 0.276 e. The summed E-state index contributed by atoms with van der Waals surface area (Å²) in [6, 6.07) is 16.2. The highest BCUT2D eigenvalue weighted by Gasteiger charge is 2.12. The zero-order valence-electron chi connectivity index (χ0n) is 14.5. The average Bonchev–Trinajstić information content (AvgIpc) is 2.69. The lowest BCUT2D eigenvalue weighted by Crippen LogP contribution is -2.16. The van der Waals surface area contributed by atoms with Crippen LogP contribution in [0.3, 0.4) is 0 Å². The Morgan fingerprint density at radius 1 is 0.963 bits per heavy atom. The molecule has 2 N–H and O–H groups in total. The fourth-order valence-electron chi connectivity index (χ4n) is 2.48. The third-order valence-corrected chi connectivity index (χ3v) is 3.87. The minimum Gasteiger partial charge on any atom is -0.369 e. The molecule has 0 bridgehead atoms. The summed E-state index contributed by atoms with van der Waals surface area (Å²) < 4.78 is 26.5. The first kappa shape index (κ1) is 18.4. The number of carbonyl (C=O) groups is 1. The number of anilines is 2. The van der Waals surface area contributed by atoms with Gasteiger partial charge in [0.2, 0.25) is 0 Å². The van der Waals surface area contributed by atoms with E-state index in [1.165, 1.54) is 11.6 Å². The summed E-state index contributed by atoms with van der Waals surface area (Å²) >= 11 is 0. The van der Waals surface area contributed by atoms with Gasteiger partial charge >= 0.3 is 0 Å². The first-order chi connectivity index (χ1) is 13.1. The van der Waals surface area contributed by atoms with Gasteiger partial charge in [0.05, 0.1) is 5.69 Å². The minimum absolute atomic E-state index is 0.0357. The second-order valence-corrected chi connectivity index (χ2v) is 5.90. The molecular formula is C20H18F2N4O. The molecule has 3 aromatic rings. The van der Waals surface area contributed by atoms with E-state index in [1.807, 2.05) is 18.2 Å². The molecule has 0 aliphatic rings. The topological polar surface area (TPSA) is 66.9 Å². The van der Waals surface area contributed by atoms with Crippen molar-refractivity contribution in [3.05, 3.63) is 83.6 Å². The van der Waals surface area contributed by atoms with Crippen molar-refractivity contribution in [2.24, 2.45) is 0 Å². The van der Waals surface area contributed by atoms with Crippen molar-refractivity contribution in [3.63, 3.8) is 0 Å². The van der Waals surface area contributed by atoms with E-state index in [9.17, 15) is 13.6 Å². The van der Waals surface area contributed by atoms with Crippen LogP contribution < -0.4 is 10.6 Å². The molecule has 0 aliphatic carbocycles. The highest BCUT2D eigenvalue weighted by Crippen LogP contribution is 2.16. The van der Waals surface area contributed by atoms with Crippen LogP contribution in [0.2, 0.25) is 0 Å². The molecule has 5 nitrogen and oxygen atoms in total. The number of halogens is 2. The summed E-state index contributed by atoms with van der Waals surface area (Å²) in [5.41, 5.74) is 1.19. The quantitative estimate of drug-likeness (QED) is 0.618. The van der Waals surface area contributed by atoms with Gasteiger partial charge in [0.1, 0.15) is 17.5 Å². The molecule has 0 fully saturated rings. The Hall–Kier alpha value is -3.35. The van der Waals surface area contributed by atoms with Crippen LogP contribution in [-0.4, -0.2) is 22.6 Å². The molecule has 0 radical (unpaired) electrons. The van der Waals surface area contributed by atoms with Crippen molar-refractivity contribution in [2.45, 2.75) is 12.8 Å². The Balaban J connectivity index is 1.49. The molecule has 7 heteroatoms. The molecule has 1 heterocycles. The molecule has 27 heavy (non-hydrogen) atoms. The summed E-state index contributed by atoms with van der Waals surface area (Å²) in [6.07, 6.45) is 1.88. The van der Waals surface area contributed by atoms with E-state index >= 15 is 0 Å².